The molecule has 1 saturated carbocycles. The molecule has 8 nitrogen and oxygen atoms in total. The Kier molecular flexibility index (Phi) is 13.3. The molecular formula is C26H41BrN2O6. The quantitative estimate of drug-likeness (QED) is 0.513. The zero-order valence-electron chi connectivity index (χ0n) is 21.8. The summed E-state index contributed by atoms with van der Waals surface area (Å²) in [4.78, 5) is 38.2. The summed E-state index contributed by atoms with van der Waals surface area (Å²) < 4.78 is 11.8. The average molecular weight is 558 g/mol. The van der Waals surface area contributed by atoms with E-state index in [9.17, 15) is 19.5 Å². The van der Waals surface area contributed by atoms with E-state index in [2.05, 4.69) is 21.2 Å². The second kappa shape index (κ2) is 15.1. The lowest BCUT2D eigenvalue weighted by Gasteiger charge is -2.34. The van der Waals surface area contributed by atoms with E-state index in [0.717, 1.165) is 30.2 Å². The zero-order valence-corrected chi connectivity index (χ0v) is 23.3. The van der Waals surface area contributed by atoms with Gasteiger partial charge in [-0.15, -0.1) is 0 Å². The number of likely N-dealkylation sites (tertiary alicyclic amines) is 1. The fraction of sp³-hybridized carbons (Fsp3) is 0.654. The molecule has 1 saturated heterocycles. The molecule has 0 bridgehead atoms. The van der Waals surface area contributed by atoms with Gasteiger partial charge in [-0.05, 0) is 43.2 Å². The van der Waals surface area contributed by atoms with Crippen LogP contribution < -0.4 is 5.32 Å². The third-order valence-corrected chi connectivity index (χ3v) is 6.38. The van der Waals surface area contributed by atoms with Crippen LogP contribution in [0.15, 0.2) is 34.8 Å². The predicted octanol–water partition coefficient (Wildman–Crippen LogP) is 5.25. The van der Waals surface area contributed by atoms with Gasteiger partial charge in [0.2, 0.25) is 5.91 Å². The maximum atomic E-state index is 13.1. The van der Waals surface area contributed by atoms with Crippen LogP contribution >= 0.6 is 15.9 Å². The summed E-state index contributed by atoms with van der Waals surface area (Å²) in [6, 6.07) is 8.14. The topological polar surface area (TPSA) is 105 Å². The van der Waals surface area contributed by atoms with Crippen molar-refractivity contribution in [1.82, 2.24) is 10.2 Å². The molecule has 0 spiro atoms. The van der Waals surface area contributed by atoms with E-state index in [0.29, 0.717) is 0 Å². The summed E-state index contributed by atoms with van der Waals surface area (Å²) in [6.45, 7) is 9.67. The fourth-order valence-corrected chi connectivity index (χ4v) is 4.29. The highest BCUT2D eigenvalue weighted by Crippen LogP contribution is 2.27. The Morgan fingerprint density at radius 2 is 1.66 bits per heavy atom. The molecule has 1 aliphatic heterocycles. The van der Waals surface area contributed by atoms with Gasteiger partial charge < -0.3 is 24.8 Å². The smallest absolute Gasteiger partial charge is 0.408 e. The highest BCUT2D eigenvalue weighted by molar-refractivity contribution is 9.10. The molecule has 1 heterocycles. The molecule has 2 amide bonds. The van der Waals surface area contributed by atoms with Gasteiger partial charge in [0, 0.05) is 24.5 Å². The summed E-state index contributed by atoms with van der Waals surface area (Å²) in [6.07, 6.45) is 2.92. The number of ether oxygens (including phenoxy) is 2. The Labute approximate surface area is 217 Å². The van der Waals surface area contributed by atoms with Gasteiger partial charge in [-0.3, -0.25) is 4.79 Å². The number of nitrogens with zero attached hydrogens (tertiary/aromatic N) is 1. The number of carbonyl (C=O) groups is 3. The Morgan fingerprint density at radius 3 is 2.09 bits per heavy atom. The Hall–Kier alpha value is -2.13. The molecular weight excluding hydrogens is 516 g/mol. The normalized spacial score (nSPS) is 20.6. The van der Waals surface area contributed by atoms with Crippen LogP contribution in [0.4, 0.5) is 4.79 Å². The lowest BCUT2D eigenvalue weighted by Crippen LogP contribution is -2.57. The Bertz CT molecular complexity index is 793. The minimum absolute atomic E-state index is 0.109. The second-order valence-electron chi connectivity index (χ2n) is 9.49. The van der Waals surface area contributed by atoms with Crippen molar-refractivity contribution in [2.75, 3.05) is 13.7 Å². The van der Waals surface area contributed by atoms with E-state index in [4.69, 9.17) is 9.47 Å². The molecule has 2 fully saturated rings. The van der Waals surface area contributed by atoms with Gasteiger partial charge in [-0.1, -0.05) is 68.7 Å². The van der Waals surface area contributed by atoms with Gasteiger partial charge in [0.1, 0.15) is 18.2 Å². The van der Waals surface area contributed by atoms with Crippen molar-refractivity contribution in [3.63, 3.8) is 0 Å². The minimum Gasteiger partial charge on any atom is -0.480 e. The van der Waals surface area contributed by atoms with Crippen LogP contribution in [0.1, 0.15) is 66.7 Å². The fourth-order valence-electron chi connectivity index (χ4n) is 3.98. The first-order chi connectivity index (χ1) is 16.5. The summed E-state index contributed by atoms with van der Waals surface area (Å²) in [5, 5.41) is 12.1. The van der Waals surface area contributed by atoms with E-state index < -0.39 is 35.5 Å². The first-order valence-corrected chi connectivity index (χ1v) is 13.1. The highest BCUT2D eigenvalue weighted by atomic mass is 79.9. The van der Waals surface area contributed by atoms with Crippen LogP contribution in [0, 0.1) is 5.41 Å². The van der Waals surface area contributed by atoms with E-state index in [1.54, 1.807) is 0 Å². The number of hydrogen-bond acceptors (Lipinski definition) is 5. The van der Waals surface area contributed by atoms with Crippen LogP contribution in [-0.2, 0) is 19.1 Å². The SMILES string of the molecule is Brc1ccccc1.CC.COC1CC(C(=O)O)N(C(=O)C(NC(=O)OC2CCCC2)C(C)(C)C)C1. The molecule has 3 rings (SSSR count). The number of hydrogen-bond donors (Lipinski definition) is 2. The standard InChI is InChI=1S/C18H30N2O6.C6H5Br.C2H6/c1-18(2,3)14(19-17(24)26-11-7-5-6-8-11)15(21)20-10-12(25-4)9-13(20)16(22)23;7-6-4-2-1-3-5-6;1-2/h11-14H,5-10H2,1-4H3,(H,19,24)(H,22,23);1-5H;1-2H3. The first-order valence-electron chi connectivity index (χ1n) is 12.3. The summed E-state index contributed by atoms with van der Waals surface area (Å²) in [7, 11) is 1.50. The number of rotatable bonds is 5. The highest BCUT2D eigenvalue weighted by Gasteiger charge is 2.45. The van der Waals surface area contributed by atoms with Crippen molar-refractivity contribution < 1.29 is 29.0 Å². The average Bonchev–Trinajstić information content (AvgIpc) is 3.48. The number of carboxylic acid groups (broad SMARTS) is 1. The molecule has 1 aromatic rings. The maximum Gasteiger partial charge on any atom is 0.408 e. The van der Waals surface area contributed by atoms with Gasteiger partial charge in [0.15, 0.2) is 0 Å². The summed E-state index contributed by atoms with van der Waals surface area (Å²) in [5.41, 5.74) is -0.597. The van der Waals surface area contributed by atoms with Gasteiger partial charge >= 0.3 is 12.1 Å². The lowest BCUT2D eigenvalue weighted by molar-refractivity contribution is -0.150. The van der Waals surface area contributed by atoms with Gasteiger partial charge in [-0.2, -0.15) is 0 Å². The molecule has 0 aromatic heterocycles. The monoisotopic (exact) mass is 556 g/mol. The molecule has 2 aliphatic rings. The number of carbonyl (C=O) groups excluding carboxylic acids is 2. The van der Waals surface area contributed by atoms with Gasteiger partial charge in [-0.25, -0.2) is 9.59 Å². The number of aliphatic carboxylic acids is 1. The predicted molar refractivity (Wildman–Crippen MR) is 139 cm³/mol. The first kappa shape index (κ1) is 30.9. The zero-order chi connectivity index (χ0) is 26.6. The third-order valence-electron chi connectivity index (χ3n) is 5.85. The molecule has 9 heteroatoms. The molecule has 35 heavy (non-hydrogen) atoms. The number of methoxy groups -OCH3 is 1. The van der Waals surface area contributed by atoms with Crippen LogP contribution in [0.5, 0.6) is 0 Å². The second-order valence-corrected chi connectivity index (χ2v) is 10.4. The molecule has 3 atom stereocenters. The number of carboxylic acids is 1. The molecule has 198 valence electrons. The van der Waals surface area contributed by atoms with Gasteiger partial charge in [0.05, 0.1) is 6.10 Å². The van der Waals surface area contributed by atoms with Crippen molar-refractivity contribution in [2.24, 2.45) is 5.41 Å². The van der Waals surface area contributed by atoms with Crippen molar-refractivity contribution in [3.8, 4) is 0 Å². The van der Waals surface area contributed by atoms with Crippen LogP contribution in [0.25, 0.3) is 0 Å². The third kappa shape index (κ3) is 10.2. The molecule has 0 radical (unpaired) electrons. The van der Waals surface area contributed by atoms with Crippen LogP contribution in [-0.4, -0.2) is 65.9 Å². The maximum absolute atomic E-state index is 13.1. The number of amides is 2. The molecule has 1 aliphatic carbocycles. The largest absolute Gasteiger partial charge is 0.480 e. The van der Waals surface area contributed by atoms with Crippen LogP contribution in [0.2, 0.25) is 0 Å². The Balaban J connectivity index is 0.000000574. The van der Waals surface area contributed by atoms with Gasteiger partial charge in [0.25, 0.3) is 0 Å². The van der Waals surface area contributed by atoms with E-state index >= 15 is 0 Å². The number of alkyl carbamates (subject to hydrolysis) is 1. The van der Waals surface area contributed by atoms with Crippen molar-refractivity contribution >= 4 is 33.9 Å². The Morgan fingerprint density at radius 1 is 1.09 bits per heavy atom. The number of benzene rings is 1. The molecule has 3 unspecified atom stereocenters. The van der Waals surface area contributed by atoms with Crippen LogP contribution in [0.3, 0.4) is 0 Å². The van der Waals surface area contributed by atoms with Crippen molar-refractivity contribution in [2.45, 2.75) is 91.0 Å². The number of nitrogens with one attached hydrogen (secondary N) is 1. The minimum atomic E-state index is -1.07. The van der Waals surface area contributed by atoms with Crippen molar-refractivity contribution in [1.29, 1.82) is 0 Å². The summed E-state index contributed by atoms with van der Waals surface area (Å²) >= 11 is 3.31. The number of halogens is 1. The van der Waals surface area contributed by atoms with Crippen molar-refractivity contribution in [3.05, 3.63) is 34.8 Å². The van der Waals surface area contributed by atoms with E-state index in [1.807, 2.05) is 65.0 Å². The molecule has 1 aromatic carbocycles. The molecule has 2 N–H and O–H groups in total. The lowest BCUT2D eigenvalue weighted by atomic mass is 9.85. The van der Waals surface area contributed by atoms with E-state index in [1.165, 1.54) is 12.0 Å². The van der Waals surface area contributed by atoms with E-state index in [-0.39, 0.29) is 25.2 Å². The summed E-state index contributed by atoms with van der Waals surface area (Å²) in [5.74, 6) is -1.49.